The average molecular weight is 1040 g/mol. The standard InChI is InChI=1S/C69H56Cl2N6/c1-51(2)73(66-49-63(75(56-33-17-7-18-34-56)57-35-19-8-20-36-57)50-67(69(66)71)77(60-41-25-11-26-42-60)61-43-27-12-28-44-61)53(4)46-45-52(3)72-64-47-62(74(54-29-13-5-14-30-54)55-31-15-6-16-32-55)48-65(68(64)70)76(58-37-21-9-22-38-58)59-39-23-10-24-40-59/h5-50,72H,1,3-4H2,2H3/b46-45-. The molecule has 8 heteroatoms. The molecule has 0 fully saturated rings. The van der Waals surface area contributed by atoms with E-state index in [1.165, 1.54) is 0 Å². The van der Waals surface area contributed by atoms with Gasteiger partial charge in [-0.15, -0.1) is 0 Å². The maximum atomic E-state index is 7.84. The molecule has 0 aliphatic rings. The Bertz CT molecular complexity index is 3480. The molecular weight excluding hydrogens is 984 g/mol. The summed E-state index contributed by atoms with van der Waals surface area (Å²) in [7, 11) is 0. The fourth-order valence-corrected chi connectivity index (χ4v) is 9.99. The van der Waals surface area contributed by atoms with E-state index in [0.29, 0.717) is 38.5 Å². The maximum Gasteiger partial charge on any atom is 0.0888 e. The number of anilines is 14. The van der Waals surface area contributed by atoms with Gasteiger partial charge < -0.3 is 29.8 Å². The number of nitrogens with zero attached hydrogens (tertiary/aromatic N) is 5. The molecule has 77 heavy (non-hydrogen) atoms. The molecule has 376 valence electrons. The van der Waals surface area contributed by atoms with Crippen LogP contribution in [-0.4, -0.2) is 0 Å². The predicted molar refractivity (Wildman–Crippen MR) is 330 cm³/mol. The average Bonchev–Trinajstić information content (AvgIpc) is 3.48. The van der Waals surface area contributed by atoms with Crippen molar-refractivity contribution in [1.29, 1.82) is 0 Å². The Kier molecular flexibility index (Phi) is 15.8. The lowest BCUT2D eigenvalue weighted by atomic mass is 10.1. The molecule has 0 atom stereocenters. The summed E-state index contributed by atoms with van der Waals surface area (Å²) in [6.45, 7) is 15.7. The highest BCUT2D eigenvalue weighted by Gasteiger charge is 2.27. The van der Waals surface area contributed by atoms with Gasteiger partial charge in [0.15, 0.2) is 0 Å². The van der Waals surface area contributed by atoms with Crippen LogP contribution in [-0.2, 0) is 0 Å². The van der Waals surface area contributed by atoms with Crippen LogP contribution in [0.1, 0.15) is 6.92 Å². The minimum absolute atomic E-state index is 0.496. The van der Waals surface area contributed by atoms with Crippen molar-refractivity contribution in [3.05, 3.63) is 326 Å². The summed E-state index contributed by atoms with van der Waals surface area (Å²) in [4.78, 5) is 10.8. The third kappa shape index (κ3) is 11.5. The first-order valence-electron chi connectivity index (χ1n) is 25.3. The zero-order valence-corrected chi connectivity index (χ0v) is 44.2. The third-order valence-corrected chi connectivity index (χ3v) is 13.6. The van der Waals surface area contributed by atoms with Gasteiger partial charge in [0, 0.05) is 62.6 Å². The highest BCUT2D eigenvalue weighted by Crippen LogP contribution is 2.50. The van der Waals surface area contributed by atoms with E-state index in [1.54, 1.807) is 0 Å². The smallest absolute Gasteiger partial charge is 0.0888 e. The number of para-hydroxylation sites is 8. The van der Waals surface area contributed by atoms with Crippen molar-refractivity contribution >= 4 is 103 Å². The van der Waals surface area contributed by atoms with E-state index < -0.39 is 0 Å². The van der Waals surface area contributed by atoms with Crippen LogP contribution < -0.4 is 29.8 Å². The van der Waals surface area contributed by atoms with Gasteiger partial charge in [0.25, 0.3) is 0 Å². The monoisotopic (exact) mass is 1040 g/mol. The number of rotatable bonds is 19. The lowest BCUT2D eigenvalue weighted by Crippen LogP contribution is -2.21. The van der Waals surface area contributed by atoms with Crippen LogP contribution in [0.5, 0.6) is 0 Å². The Morgan fingerprint density at radius 2 is 0.610 bits per heavy atom. The Morgan fingerprint density at radius 1 is 0.338 bits per heavy atom. The van der Waals surface area contributed by atoms with E-state index >= 15 is 0 Å². The maximum absolute atomic E-state index is 7.84. The largest absolute Gasteiger partial charge is 0.355 e. The van der Waals surface area contributed by atoms with Gasteiger partial charge in [-0.25, -0.2) is 0 Å². The number of halogens is 2. The van der Waals surface area contributed by atoms with E-state index in [-0.39, 0.29) is 0 Å². The van der Waals surface area contributed by atoms with E-state index in [4.69, 9.17) is 23.2 Å². The van der Waals surface area contributed by atoms with Gasteiger partial charge >= 0.3 is 0 Å². The lowest BCUT2D eigenvalue weighted by molar-refractivity contribution is 1.11. The summed E-state index contributed by atoms with van der Waals surface area (Å²) in [5.74, 6) is 0. The molecule has 1 N–H and O–H groups in total. The Morgan fingerprint density at radius 3 is 0.922 bits per heavy atom. The summed E-state index contributed by atoms with van der Waals surface area (Å²) in [6.07, 6.45) is 3.82. The van der Waals surface area contributed by atoms with Crippen LogP contribution in [0.15, 0.2) is 316 Å². The summed E-state index contributed by atoms with van der Waals surface area (Å²) in [6, 6.07) is 90.8. The van der Waals surface area contributed by atoms with Gasteiger partial charge in [0.05, 0.1) is 44.2 Å². The summed E-state index contributed by atoms with van der Waals surface area (Å²) in [5.41, 5.74) is 14.1. The molecule has 0 spiro atoms. The zero-order valence-electron chi connectivity index (χ0n) is 42.7. The molecule has 0 unspecified atom stereocenters. The minimum Gasteiger partial charge on any atom is -0.355 e. The fraction of sp³-hybridized carbons (Fsp3) is 0.0145. The highest BCUT2D eigenvalue weighted by molar-refractivity contribution is 6.37. The molecule has 10 aromatic rings. The van der Waals surface area contributed by atoms with Gasteiger partial charge in [-0.3, -0.25) is 0 Å². The number of allylic oxidation sites excluding steroid dienone is 3. The number of benzene rings is 10. The normalized spacial score (nSPS) is 10.9. The molecule has 0 saturated carbocycles. The topological polar surface area (TPSA) is 28.2 Å². The SMILES string of the molecule is C=C(/C=C\C(=C)N(C(=C)C)c1cc(N(c2ccccc2)c2ccccc2)cc(N(c2ccccc2)c2ccccc2)c1Cl)Nc1cc(N(c2ccccc2)c2ccccc2)cc(N(c2ccccc2)c2ccccc2)c1Cl. The first-order chi connectivity index (χ1) is 37.7. The molecule has 10 rings (SSSR count). The van der Waals surface area contributed by atoms with Gasteiger partial charge in [-0.2, -0.15) is 0 Å². The van der Waals surface area contributed by atoms with Crippen molar-refractivity contribution in [2.45, 2.75) is 6.92 Å². The van der Waals surface area contributed by atoms with Crippen molar-refractivity contribution in [3.63, 3.8) is 0 Å². The zero-order chi connectivity index (χ0) is 53.1. The summed E-state index contributed by atoms with van der Waals surface area (Å²) < 4.78 is 0. The molecule has 10 aromatic carbocycles. The molecule has 0 heterocycles. The molecule has 0 aromatic heterocycles. The quantitative estimate of drug-likeness (QED) is 0.0812. The first-order valence-corrected chi connectivity index (χ1v) is 26.1. The third-order valence-electron chi connectivity index (χ3n) is 12.9. The highest BCUT2D eigenvalue weighted by atomic mass is 35.5. The number of hydrogen-bond acceptors (Lipinski definition) is 6. The van der Waals surface area contributed by atoms with Crippen LogP contribution in [0.4, 0.5) is 79.6 Å². The molecule has 0 aliphatic carbocycles. The van der Waals surface area contributed by atoms with Crippen molar-refractivity contribution < 1.29 is 0 Å². The van der Waals surface area contributed by atoms with E-state index in [9.17, 15) is 0 Å². The summed E-state index contributed by atoms with van der Waals surface area (Å²) in [5, 5.41) is 4.61. The summed E-state index contributed by atoms with van der Waals surface area (Å²) >= 11 is 15.5. The number of nitrogens with one attached hydrogen (secondary N) is 1. The van der Waals surface area contributed by atoms with Gasteiger partial charge in [-0.05, 0) is 140 Å². The molecular formula is C69H56Cl2N6. The van der Waals surface area contributed by atoms with Crippen molar-refractivity contribution in [2.75, 3.05) is 29.8 Å². The Labute approximate surface area is 462 Å². The van der Waals surface area contributed by atoms with Crippen LogP contribution in [0, 0.1) is 0 Å². The van der Waals surface area contributed by atoms with Crippen LogP contribution in [0.2, 0.25) is 10.0 Å². The van der Waals surface area contributed by atoms with Crippen LogP contribution in [0.3, 0.4) is 0 Å². The molecule has 0 radical (unpaired) electrons. The minimum atomic E-state index is 0.496. The van der Waals surface area contributed by atoms with Crippen molar-refractivity contribution in [3.8, 4) is 0 Å². The van der Waals surface area contributed by atoms with Crippen molar-refractivity contribution in [1.82, 2.24) is 0 Å². The van der Waals surface area contributed by atoms with Gasteiger partial charge in [0.2, 0.25) is 0 Å². The molecule has 6 nitrogen and oxygen atoms in total. The van der Waals surface area contributed by atoms with E-state index in [1.807, 2.05) is 170 Å². The second-order valence-electron chi connectivity index (χ2n) is 18.2. The fourth-order valence-electron chi connectivity index (χ4n) is 9.47. The van der Waals surface area contributed by atoms with E-state index in [0.717, 1.165) is 68.2 Å². The number of hydrogen-bond donors (Lipinski definition) is 1. The van der Waals surface area contributed by atoms with Crippen molar-refractivity contribution in [2.24, 2.45) is 0 Å². The van der Waals surface area contributed by atoms with Gasteiger partial charge in [0.1, 0.15) is 0 Å². The Balaban J connectivity index is 1.08. The molecule has 0 aliphatic heterocycles. The molecule has 0 saturated heterocycles. The molecule has 0 amide bonds. The lowest BCUT2D eigenvalue weighted by Gasteiger charge is -2.34. The molecule has 0 bridgehead atoms. The Hall–Kier alpha value is -9.46. The van der Waals surface area contributed by atoms with Gasteiger partial charge in [-0.1, -0.05) is 189 Å². The van der Waals surface area contributed by atoms with Crippen LogP contribution in [0.25, 0.3) is 0 Å². The first kappa shape index (κ1) is 51.0. The predicted octanol–water partition coefficient (Wildman–Crippen LogP) is 20.9. The van der Waals surface area contributed by atoms with Crippen LogP contribution >= 0.6 is 23.2 Å². The second kappa shape index (κ2) is 23.8. The van der Waals surface area contributed by atoms with E-state index in [2.05, 4.69) is 166 Å². The second-order valence-corrected chi connectivity index (χ2v) is 19.0.